The lowest BCUT2D eigenvalue weighted by Gasteiger charge is -2.27. The first-order valence-corrected chi connectivity index (χ1v) is 43.8. The predicted molar refractivity (Wildman–Crippen MR) is 446 cm³/mol. The number of hydrogen-bond donors (Lipinski definition) is 3. The third-order valence-corrected chi connectivity index (χ3v) is 19.3. The van der Waals surface area contributed by atoms with Gasteiger partial charge < -0.3 is 129 Å². The average Bonchev–Trinajstić information content (AvgIpc) is 1.59. The normalized spacial score (nSPS) is 14.1. The fourth-order valence-corrected chi connectivity index (χ4v) is 12.7. The van der Waals surface area contributed by atoms with Gasteiger partial charge >= 0.3 is 5.97 Å². The van der Waals surface area contributed by atoms with Gasteiger partial charge in [0.2, 0.25) is 11.6 Å². The van der Waals surface area contributed by atoms with E-state index in [1.54, 1.807) is 19.2 Å². The number of carbonyl (C=O) groups excluding carboxylic acids is 1. The zero-order chi connectivity index (χ0) is 85.5. The Morgan fingerprint density at radius 3 is 1.07 bits per heavy atom. The molecule has 0 spiro atoms. The summed E-state index contributed by atoms with van der Waals surface area (Å²) in [6.07, 6.45) is 11.4. The number of methoxy groups -OCH3 is 1. The van der Waals surface area contributed by atoms with Crippen LogP contribution in [-0.2, 0) is 144 Å². The lowest BCUT2D eigenvalue weighted by Crippen LogP contribution is -2.28. The second kappa shape index (κ2) is 71.5. The lowest BCUT2D eigenvalue weighted by molar-refractivity contribution is -0.438. The topological polar surface area (TPSA) is 349 Å². The van der Waals surface area contributed by atoms with Gasteiger partial charge in [-0.1, -0.05) is 44.0 Å². The van der Waals surface area contributed by atoms with Crippen molar-refractivity contribution in [1.29, 1.82) is 0 Å². The molecule has 0 saturated heterocycles. The van der Waals surface area contributed by atoms with Crippen LogP contribution in [0.1, 0.15) is 95.8 Å². The number of allylic oxidation sites excluding steroid dienone is 4. The highest BCUT2D eigenvalue weighted by molar-refractivity contribution is 7.85. The molecule has 119 heavy (non-hydrogen) atoms. The summed E-state index contributed by atoms with van der Waals surface area (Å²) in [5.41, 5.74) is 6.47. The number of carboxylic acid groups (broad SMARTS) is 1. The first kappa shape index (κ1) is 107. The van der Waals surface area contributed by atoms with Crippen LogP contribution in [0, 0.1) is 6.92 Å². The quantitative estimate of drug-likeness (QED) is 0.0334. The predicted octanol–water partition coefficient (Wildman–Crippen LogP) is 7.21. The third kappa shape index (κ3) is 52.6. The number of nitrogens with one attached hydrogen (secondary N) is 1. The van der Waals surface area contributed by atoms with Gasteiger partial charge in [-0.3, -0.25) is 14.1 Å². The van der Waals surface area contributed by atoms with E-state index in [9.17, 15) is 27.7 Å². The van der Waals surface area contributed by atoms with Crippen molar-refractivity contribution in [3.8, 4) is 0 Å². The molecule has 33 nitrogen and oxygen atoms in total. The fraction of sp³-hybridized carbons (Fsp3) is 0.776. The second-order valence-corrected chi connectivity index (χ2v) is 29.9. The first-order chi connectivity index (χ1) is 58.1. The molecule has 2 aromatic carbocycles. The smallest absolute Gasteiger partial charge is 0.303 e. The summed E-state index contributed by atoms with van der Waals surface area (Å²) < 4.78 is 169. The Balaban J connectivity index is 0.803. The van der Waals surface area contributed by atoms with Crippen LogP contribution in [-0.4, -0.2) is 378 Å². The Kier molecular flexibility index (Phi) is 64.1. The number of benzene rings is 2. The van der Waals surface area contributed by atoms with Crippen LogP contribution in [0.3, 0.4) is 0 Å². The van der Waals surface area contributed by atoms with E-state index in [-0.39, 0.29) is 22.6 Å². The van der Waals surface area contributed by atoms with Crippen LogP contribution >= 0.6 is 0 Å². The molecule has 4 rings (SSSR count). The number of amides is 1. The lowest BCUT2D eigenvalue weighted by atomic mass is 9.81. The Morgan fingerprint density at radius 2 is 0.731 bits per heavy atom. The minimum Gasteiger partial charge on any atom is -0.481 e. The summed E-state index contributed by atoms with van der Waals surface area (Å²) in [7, 11) is -2.79. The van der Waals surface area contributed by atoms with Crippen LogP contribution in [0.2, 0.25) is 0 Å². The number of aliphatic carboxylic acids is 1. The SMILES string of the molecule is COCCOCCOCCOCCOCCOCCOCCOCCOCCOCCOCCOCCOCCOCCOCCOCCOCCOCCOCCOCCOCCOCCOCCOCCNC(=O)CCCCC[N+]1=C(C=CC=C2N(CCCCCC(=O)O)c3ccc(C)cc3C2(C)C)C(C)(C)c2cc(S(=O)(=O)O)ccc21. The maximum Gasteiger partial charge on any atom is 0.303 e. The van der Waals surface area contributed by atoms with Crippen molar-refractivity contribution in [1.82, 2.24) is 5.32 Å². The van der Waals surface area contributed by atoms with Gasteiger partial charge in [-0.2, -0.15) is 13.0 Å². The average molecular weight is 1720 g/mol. The molecule has 2 aliphatic heterocycles. The summed E-state index contributed by atoms with van der Waals surface area (Å²) in [5, 5.41) is 12.1. The highest BCUT2D eigenvalue weighted by Crippen LogP contribution is 2.48. The van der Waals surface area contributed by atoms with Gasteiger partial charge in [-0.25, -0.2) is 0 Å². The molecule has 0 unspecified atom stereocenters. The van der Waals surface area contributed by atoms with E-state index >= 15 is 0 Å². The van der Waals surface area contributed by atoms with Crippen molar-refractivity contribution in [2.45, 2.75) is 102 Å². The Morgan fingerprint density at radius 1 is 0.403 bits per heavy atom. The molecule has 0 bridgehead atoms. The van der Waals surface area contributed by atoms with Crippen molar-refractivity contribution in [3.05, 3.63) is 77.0 Å². The number of carboxylic acids is 1. The molecule has 2 heterocycles. The number of aryl methyl sites for hydroxylation is 1. The molecule has 0 atom stereocenters. The van der Waals surface area contributed by atoms with Crippen molar-refractivity contribution in [2.24, 2.45) is 0 Å². The van der Waals surface area contributed by atoms with Gasteiger partial charge in [-0.15, -0.1) is 0 Å². The number of nitrogens with zero attached hydrogens (tertiary/aromatic N) is 2. The third-order valence-electron chi connectivity index (χ3n) is 18.5. The number of hydrogen-bond acceptors (Lipinski definition) is 29. The molecular weight excluding hydrogens is 1570 g/mol. The molecule has 2 aromatic rings. The molecule has 0 saturated carbocycles. The van der Waals surface area contributed by atoms with Gasteiger partial charge in [0.25, 0.3) is 10.1 Å². The summed E-state index contributed by atoms with van der Waals surface area (Å²) in [4.78, 5) is 26.1. The molecule has 0 radical (unpaired) electrons. The summed E-state index contributed by atoms with van der Waals surface area (Å²) >= 11 is 0. The van der Waals surface area contributed by atoms with E-state index in [4.69, 9.17) is 114 Å². The van der Waals surface area contributed by atoms with Crippen molar-refractivity contribution in [3.63, 3.8) is 0 Å². The van der Waals surface area contributed by atoms with Crippen molar-refractivity contribution in [2.75, 3.05) is 342 Å². The molecule has 3 N–H and O–H groups in total. The largest absolute Gasteiger partial charge is 0.481 e. The monoisotopic (exact) mass is 1720 g/mol. The summed E-state index contributed by atoms with van der Waals surface area (Å²) in [6, 6.07) is 11.3. The number of rotatable bonds is 87. The Labute approximate surface area is 708 Å². The first-order valence-electron chi connectivity index (χ1n) is 42.4. The molecule has 2 aliphatic rings. The van der Waals surface area contributed by atoms with Gasteiger partial charge in [0.1, 0.15) is 6.54 Å². The van der Waals surface area contributed by atoms with E-state index in [0.717, 1.165) is 60.6 Å². The van der Waals surface area contributed by atoms with E-state index in [0.29, 0.717) is 343 Å². The molecular formula is C85H146N3O30S+. The summed E-state index contributed by atoms with van der Waals surface area (Å²) in [5.74, 6) is -0.824. The zero-order valence-electron chi connectivity index (χ0n) is 72.3. The van der Waals surface area contributed by atoms with Crippen LogP contribution < -0.4 is 10.2 Å². The van der Waals surface area contributed by atoms with Gasteiger partial charge in [-0.05, 0) is 76.3 Å². The maximum absolute atomic E-state index is 12.7. The van der Waals surface area contributed by atoms with Crippen LogP contribution in [0.4, 0.5) is 11.4 Å². The number of ether oxygens (including phenoxy) is 24. The highest BCUT2D eigenvalue weighted by atomic mass is 32.2. The number of carbonyl (C=O) groups is 2. The zero-order valence-corrected chi connectivity index (χ0v) is 73.2. The molecule has 34 heteroatoms. The minimum absolute atomic E-state index is 0.0436. The highest BCUT2D eigenvalue weighted by Gasteiger charge is 2.45. The number of fused-ring (bicyclic) bond motifs is 2. The van der Waals surface area contributed by atoms with Gasteiger partial charge in [0.15, 0.2) is 5.71 Å². The van der Waals surface area contributed by atoms with Crippen molar-refractivity contribution < 1.29 is 146 Å². The van der Waals surface area contributed by atoms with Crippen molar-refractivity contribution >= 4 is 39.1 Å². The minimum atomic E-state index is -4.43. The van der Waals surface area contributed by atoms with Crippen LogP contribution in [0.25, 0.3) is 0 Å². The van der Waals surface area contributed by atoms with E-state index < -0.39 is 21.5 Å². The standard InChI is InChI=1S/C85H145N3O30S/c1-74-18-20-78-76(72-74)84(2,3)80(87(78)24-12-8-10-17-83(90)91)14-13-15-81-85(4,5)77-73-75(119(92,93)94)19-21-79(77)88(81)23-11-7-9-16-82(89)86-22-25-96-28-29-98-32-33-100-36-37-102-40-41-104-44-45-106-48-49-108-52-53-110-56-57-112-60-61-114-64-65-116-68-69-118-71-70-117-67-66-115-63-62-113-59-58-111-55-54-109-51-50-107-47-46-105-43-42-103-39-38-101-35-34-99-31-30-97-27-26-95-6/h13-15,18-21,72-73H,7-12,16-17,22-71H2,1-6H3,(H2-,86,89,90,91,92,93,94)/p+1. The molecule has 0 aromatic heterocycles. The second-order valence-electron chi connectivity index (χ2n) is 28.5. The Bertz CT molecular complexity index is 3060. The van der Waals surface area contributed by atoms with Crippen LogP contribution in [0.5, 0.6) is 0 Å². The van der Waals surface area contributed by atoms with Gasteiger partial charge in [0.05, 0.1) is 321 Å². The molecule has 686 valence electrons. The van der Waals surface area contributed by atoms with Crippen LogP contribution in [0.15, 0.2) is 65.2 Å². The van der Waals surface area contributed by atoms with E-state index in [1.807, 2.05) is 0 Å². The van der Waals surface area contributed by atoms with E-state index in [2.05, 4.69) is 85.8 Å². The summed E-state index contributed by atoms with van der Waals surface area (Å²) in [6.45, 7) is 34.7. The maximum atomic E-state index is 12.7. The molecule has 1 amide bonds. The molecule has 0 fully saturated rings. The Hall–Kier alpha value is -4.72. The fourth-order valence-electron chi connectivity index (χ4n) is 12.2. The van der Waals surface area contributed by atoms with E-state index in [1.165, 1.54) is 17.2 Å². The number of anilines is 1. The van der Waals surface area contributed by atoms with Gasteiger partial charge in [0, 0.05) is 74.0 Å². The molecule has 0 aliphatic carbocycles. The number of unbranched alkanes of at least 4 members (excludes halogenated alkanes) is 4.